The second-order valence-corrected chi connectivity index (χ2v) is 5.35. The summed E-state index contributed by atoms with van der Waals surface area (Å²) in [6.07, 6.45) is -0.226. The van der Waals surface area contributed by atoms with E-state index < -0.39 is 0 Å². The average molecular weight is 282 g/mol. The molecular weight excluding hydrogens is 268 g/mol. The molecule has 0 fully saturated rings. The van der Waals surface area contributed by atoms with Crippen molar-refractivity contribution in [1.82, 2.24) is 0 Å². The zero-order chi connectivity index (χ0) is 14.6. The number of fused-ring (bicyclic) bond motifs is 8. The quantitative estimate of drug-likeness (QED) is 0.860. The molecule has 1 N–H and O–H groups in total. The monoisotopic (exact) mass is 282 g/mol. The van der Waals surface area contributed by atoms with Crippen LogP contribution < -0.4 is 0 Å². The van der Waals surface area contributed by atoms with Gasteiger partial charge < -0.3 is 14.6 Å². The highest BCUT2D eigenvalue weighted by atomic mass is 16.5. The van der Waals surface area contributed by atoms with E-state index in [2.05, 4.69) is 0 Å². The Morgan fingerprint density at radius 3 is 2.48 bits per heavy atom. The number of hydrogen-bond acceptors (Lipinski definition) is 4. The Morgan fingerprint density at radius 1 is 1.10 bits per heavy atom. The highest BCUT2D eigenvalue weighted by molar-refractivity contribution is 5.90. The highest BCUT2D eigenvalue weighted by Gasteiger charge is 2.42. The minimum Gasteiger partial charge on any atom is -0.465 e. The maximum Gasteiger partial charge on any atom is 0.337 e. The molecule has 2 aliphatic rings. The number of hydrogen-bond donors (Lipinski definition) is 1. The van der Waals surface area contributed by atoms with Gasteiger partial charge in [-0.1, -0.05) is 24.3 Å². The van der Waals surface area contributed by atoms with Crippen molar-refractivity contribution in [3.8, 4) is 0 Å². The molecule has 2 bridgehead atoms. The summed E-state index contributed by atoms with van der Waals surface area (Å²) in [7, 11) is 1.38. The molecule has 2 heterocycles. The lowest BCUT2D eigenvalue weighted by atomic mass is 9.84. The van der Waals surface area contributed by atoms with Crippen LogP contribution >= 0.6 is 0 Å². The van der Waals surface area contributed by atoms with E-state index in [1.54, 1.807) is 6.07 Å². The molecule has 2 aromatic carbocycles. The molecule has 4 heteroatoms. The Hall–Kier alpha value is -2.17. The second-order valence-electron chi connectivity index (χ2n) is 5.35. The van der Waals surface area contributed by atoms with Crippen LogP contribution in [-0.4, -0.2) is 18.2 Å². The first-order valence-corrected chi connectivity index (χ1v) is 6.84. The summed E-state index contributed by atoms with van der Waals surface area (Å²) in [5.74, 6) is -0.343. The van der Waals surface area contributed by atoms with Crippen molar-refractivity contribution >= 4 is 5.97 Å². The van der Waals surface area contributed by atoms with Gasteiger partial charge in [-0.05, 0) is 39.9 Å². The van der Waals surface area contributed by atoms with E-state index in [0.29, 0.717) is 5.56 Å². The second kappa shape index (κ2) is 4.41. The normalized spacial score (nSPS) is 21.0. The van der Waals surface area contributed by atoms with E-state index in [9.17, 15) is 9.90 Å². The number of ether oxygens (including phenoxy) is 2. The summed E-state index contributed by atoms with van der Waals surface area (Å²) < 4.78 is 10.8. The molecule has 0 amide bonds. The van der Waals surface area contributed by atoms with Crippen LogP contribution in [-0.2, 0) is 16.1 Å². The van der Waals surface area contributed by atoms with Gasteiger partial charge in [-0.15, -0.1) is 0 Å². The van der Waals surface area contributed by atoms with Crippen LogP contribution in [0, 0.1) is 0 Å². The third kappa shape index (κ3) is 1.66. The molecule has 0 aliphatic carbocycles. The van der Waals surface area contributed by atoms with Crippen LogP contribution in [0.15, 0.2) is 36.4 Å². The summed E-state index contributed by atoms with van der Waals surface area (Å²) in [6.45, 7) is 0.0136. The maximum atomic E-state index is 11.7. The van der Waals surface area contributed by atoms with Gasteiger partial charge in [0.2, 0.25) is 0 Å². The van der Waals surface area contributed by atoms with Crippen molar-refractivity contribution in [2.75, 3.05) is 7.11 Å². The summed E-state index contributed by atoms with van der Waals surface area (Å²) in [6, 6.07) is 11.5. The van der Waals surface area contributed by atoms with Gasteiger partial charge in [0.25, 0.3) is 0 Å². The topological polar surface area (TPSA) is 55.8 Å². The first-order valence-electron chi connectivity index (χ1n) is 6.84. The standard InChI is InChI=1S/C17H14O4/c1-20-17(19)10-3-5-12-14(7-10)16-13-6-9(8-18)2-4-11(13)15(12)21-16/h2-7,15-16,18H,8H2,1H3/t15-,16+/m0/s1. The summed E-state index contributed by atoms with van der Waals surface area (Å²) in [5.41, 5.74) is 5.77. The van der Waals surface area contributed by atoms with Gasteiger partial charge in [-0.25, -0.2) is 4.79 Å². The molecule has 0 spiro atoms. The lowest BCUT2D eigenvalue weighted by Gasteiger charge is -2.17. The fourth-order valence-corrected chi connectivity index (χ4v) is 3.24. The Labute approximate surface area is 121 Å². The van der Waals surface area contributed by atoms with Crippen LogP contribution in [0.3, 0.4) is 0 Å². The molecule has 106 valence electrons. The van der Waals surface area contributed by atoms with Gasteiger partial charge in [0.1, 0.15) is 12.2 Å². The SMILES string of the molecule is COC(=O)c1ccc2c(c1)[C@@H]1O[C@H]2c2ccc(CO)cc21. The Morgan fingerprint density at radius 2 is 1.76 bits per heavy atom. The van der Waals surface area contributed by atoms with E-state index in [4.69, 9.17) is 9.47 Å². The summed E-state index contributed by atoms with van der Waals surface area (Å²) >= 11 is 0. The van der Waals surface area contributed by atoms with Crippen LogP contribution in [0.4, 0.5) is 0 Å². The molecule has 0 saturated heterocycles. The molecule has 2 aliphatic heterocycles. The van der Waals surface area contributed by atoms with Gasteiger partial charge in [0, 0.05) is 0 Å². The van der Waals surface area contributed by atoms with Gasteiger partial charge in [-0.3, -0.25) is 0 Å². The number of rotatable bonds is 2. The minimum absolute atomic E-state index is 0.0136. The Kier molecular flexibility index (Phi) is 2.64. The van der Waals surface area contributed by atoms with Gasteiger partial charge in [0.15, 0.2) is 0 Å². The first-order chi connectivity index (χ1) is 10.2. The smallest absolute Gasteiger partial charge is 0.337 e. The molecule has 21 heavy (non-hydrogen) atoms. The molecule has 0 radical (unpaired) electrons. The van der Waals surface area contributed by atoms with Crippen LogP contribution in [0.1, 0.15) is 50.4 Å². The third-order valence-corrected chi connectivity index (χ3v) is 4.24. The summed E-state index contributed by atoms with van der Waals surface area (Å²) in [5, 5.41) is 9.28. The number of aliphatic hydroxyl groups is 1. The lowest BCUT2D eigenvalue weighted by molar-refractivity contribution is 0.0600. The van der Waals surface area contributed by atoms with Gasteiger partial charge >= 0.3 is 5.97 Å². The molecule has 0 saturated carbocycles. The van der Waals surface area contributed by atoms with E-state index in [1.165, 1.54) is 7.11 Å². The predicted octanol–water partition coefficient (Wildman–Crippen LogP) is 2.49. The Bertz CT molecular complexity index is 750. The van der Waals surface area contributed by atoms with E-state index >= 15 is 0 Å². The zero-order valence-electron chi connectivity index (χ0n) is 11.5. The summed E-state index contributed by atoms with van der Waals surface area (Å²) in [4.78, 5) is 11.7. The molecule has 4 nitrogen and oxygen atoms in total. The van der Waals surface area contributed by atoms with Crippen LogP contribution in [0.25, 0.3) is 0 Å². The minimum atomic E-state index is -0.343. The number of methoxy groups -OCH3 is 1. The number of carbonyl (C=O) groups excluding carboxylic acids is 1. The number of carbonyl (C=O) groups is 1. The number of benzene rings is 2. The average Bonchev–Trinajstić information content (AvgIpc) is 3.10. The fraction of sp³-hybridized carbons (Fsp3) is 0.235. The molecule has 0 aromatic heterocycles. The van der Waals surface area contributed by atoms with Gasteiger partial charge in [0.05, 0.1) is 19.3 Å². The third-order valence-electron chi connectivity index (χ3n) is 4.24. The Balaban J connectivity index is 1.82. The molecule has 4 rings (SSSR count). The lowest BCUT2D eigenvalue weighted by Crippen LogP contribution is -2.07. The van der Waals surface area contributed by atoms with Gasteiger partial charge in [-0.2, -0.15) is 0 Å². The zero-order valence-corrected chi connectivity index (χ0v) is 11.5. The van der Waals surface area contributed by atoms with Crippen molar-refractivity contribution in [3.63, 3.8) is 0 Å². The van der Waals surface area contributed by atoms with E-state index in [0.717, 1.165) is 27.8 Å². The number of aliphatic hydroxyl groups excluding tert-OH is 1. The number of esters is 1. The molecule has 0 unspecified atom stereocenters. The van der Waals surface area contributed by atoms with Crippen molar-refractivity contribution in [2.24, 2.45) is 0 Å². The molecule has 2 aromatic rings. The van der Waals surface area contributed by atoms with Crippen molar-refractivity contribution in [3.05, 3.63) is 69.8 Å². The van der Waals surface area contributed by atoms with Crippen LogP contribution in [0.2, 0.25) is 0 Å². The fourth-order valence-electron chi connectivity index (χ4n) is 3.24. The van der Waals surface area contributed by atoms with Crippen molar-refractivity contribution < 1.29 is 19.4 Å². The largest absolute Gasteiger partial charge is 0.465 e. The van der Waals surface area contributed by atoms with E-state index in [1.807, 2.05) is 30.3 Å². The predicted molar refractivity (Wildman–Crippen MR) is 74.9 cm³/mol. The molecular formula is C17H14O4. The molecule has 2 atom stereocenters. The maximum absolute atomic E-state index is 11.7. The van der Waals surface area contributed by atoms with Crippen molar-refractivity contribution in [2.45, 2.75) is 18.8 Å². The highest BCUT2D eigenvalue weighted by Crippen LogP contribution is 2.54. The first kappa shape index (κ1) is 12.6. The van der Waals surface area contributed by atoms with Crippen molar-refractivity contribution in [1.29, 1.82) is 0 Å². The van der Waals surface area contributed by atoms with E-state index in [-0.39, 0.29) is 24.8 Å². The van der Waals surface area contributed by atoms with Crippen LogP contribution in [0.5, 0.6) is 0 Å².